The second kappa shape index (κ2) is 7.78. The van der Waals surface area contributed by atoms with Gasteiger partial charge in [0, 0.05) is 29.0 Å². The topological polar surface area (TPSA) is 72.5 Å². The van der Waals surface area contributed by atoms with Crippen LogP contribution in [0.15, 0.2) is 54.7 Å². The smallest absolute Gasteiger partial charge is 0.255 e. The van der Waals surface area contributed by atoms with Crippen LogP contribution in [0.2, 0.25) is 5.02 Å². The SMILES string of the molecule is Cc1c(Cl)cccc1NC(=O)c1ccnc(NCc2ccc3c(c2)OCO3)c1. The van der Waals surface area contributed by atoms with Crippen molar-refractivity contribution in [2.75, 3.05) is 17.4 Å². The molecular formula is C21H18ClN3O3. The van der Waals surface area contributed by atoms with E-state index in [4.69, 9.17) is 21.1 Å². The minimum atomic E-state index is -0.223. The number of hydrogen-bond donors (Lipinski definition) is 2. The van der Waals surface area contributed by atoms with E-state index in [1.165, 1.54) is 0 Å². The Morgan fingerprint density at radius 3 is 2.89 bits per heavy atom. The summed E-state index contributed by atoms with van der Waals surface area (Å²) in [4.78, 5) is 16.9. The van der Waals surface area contributed by atoms with Crippen molar-refractivity contribution in [3.05, 3.63) is 76.4 Å². The molecule has 6 nitrogen and oxygen atoms in total. The maximum absolute atomic E-state index is 12.6. The van der Waals surface area contributed by atoms with Gasteiger partial charge in [-0.15, -0.1) is 0 Å². The van der Waals surface area contributed by atoms with Gasteiger partial charge in [0.2, 0.25) is 6.79 Å². The Bertz CT molecular complexity index is 1040. The van der Waals surface area contributed by atoms with E-state index in [0.717, 1.165) is 22.6 Å². The Kier molecular flexibility index (Phi) is 5.04. The highest BCUT2D eigenvalue weighted by Gasteiger charge is 2.13. The lowest BCUT2D eigenvalue weighted by molar-refractivity contribution is 0.102. The summed E-state index contributed by atoms with van der Waals surface area (Å²) in [5.41, 5.74) is 3.04. The van der Waals surface area contributed by atoms with Crippen molar-refractivity contribution in [3.8, 4) is 11.5 Å². The van der Waals surface area contributed by atoms with E-state index in [1.54, 1.807) is 30.5 Å². The van der Waals surface area contributed by atoms with Crippen molar-refractivity contribution < 1.29 is 14.3 Å². The Labute approximate surface area is 167 Å². The number of fused-ring (bicyclic) bond motifs is 1. The third-order valence-electron chi connectivity index (χ3n) is 4.45. The maximum Gasteiger partial charge on any atom is 0.255 e. The Morgan fingerprint density at radius 2 is 2.00 bits per heavy atom. The van der Waals surface area contributed by atoms with Gasteiger partial charge in [-0.2, -0.15) is 0 Å². The average Bonchev–Trinajstić information content (AvgIpc) is 3.18. The van der Waals surface area contributed by atoms with Crippen molar-refractivity contribution >= 4 is 29.0 Å². The van der Waals surface area contributed by atoms with E-state index in [2.05, 4.69) is 15.6 Å². The zero-order chi connectivity index (χ0) is 19.5. The number of hydrogen-bond acceptors (Lipinski definition) is 5. The van der Waals surface area contributed by atoms with Gasteiger partial charge in [-0.3, -0.25) is 4.79 Å². The van der Waals surface area contributed by atoms with Crippen molar-refractivity contribution in [3.63, 3.8) is 0 Å². The predicted molar refractivity (Wildman–Crippen MR) is 108 cm³/mol. The highest BCUT2D eigenvalue weighted by molar-refractivity contribution is 6.31. The molecule has 3 aromatic rings. The van der Waals surface area contributed by atoms with Gasteiger partial charge in [-0.1, -0.05) is 23.7 Å². The largest absolute Gasteiger partial charge is 0.454 e. The Balaban J connectivity index is 1.44. The van der Waals surface area contributed by atoms with Crippen LogP contribution in [0, 0.1) is 6.92 Å². The summed E-state index contributed by atoms with van der Waals surface area (Å²) in [5.74, 6) is 1.86. The van der Waals surface area contributed by atoms with E-state index in [0.29, 0.717) is 28.6 Å². The highest BCUT2D eigenvalue weighted by atomic mass is 35.5. The van der Waals surface area contributed by atoms with E-state index in [1.807, 2.05) is 31.2 Å². The summed E-state index contributed by atoms with van der Waals surface area (Å²) >= 11 is 6.12. The van der Waals surface area contributed by atoms with Crippen LogP contribution in [0.3, 0.4) is 0 Å². The molecule has 142 valence electrons. The highest BCUT2D eigenvalue weighted by Crippen LogP contribution is 2.32. The second-order valence-corrected chi connectivity index (χ2v) is 6.74. The van der Waals surface area contributed by atoms with Crippen molar-refractivity contribution in [2.24, 2.45) is 0 Å². The maximum atomic E-state index is 12.6. The molecule has 0 fully saturated rings. The average molecular weight is 396 g/mol. The fourth-order valence-electron chi connectivity index (χ4n) is 2.85. The van der Waals surface area contributed by atoms with Crippen molar-refractivity contribution in [1.82, 2.24) is 4.98 Å². The first kappa shape index (κ1) is 18.1. The number of nitrogens with zero attached hydrogens (tertiary/aromatic N) is 1. The van der Waals surface area contributed by atoms with Crippen LogP contribution in [0.25, 0.3) is 0 Å². The standard InChI is InChI=1S/C21H18ClN3O3/c1-13-16(22)3-2-4-17(13)25-21(26)15-7-8-23-20(10-15)24-11-14-5-6-18-19(9-14)28-12-27-18/h2-10H,11-12H2,1H3,(H,23,24)(H,25,26). The lowest BCUT2D eigenvalue weighted by Crippen LogP contribution is -2.13. The third kappa shape index (κ3) is 3.87. The molecule has 0 saturated heterocycles. The van der Waals surface area contributed by atoms with Crippen LogP contribution >= 0.6 is 11.6 Å². The number of anilines is 2. The molecule has 0 radical (unpaired) electrons. The number of nitrogens with one attached hydrogen (secondary N) is 2. The van der Waals surface area contributed by atoms with Crippen molar-refractivity contribution in [2.45, 2.75) is 13.5 Å². The zero-order valence-electron chi connectivity index (χ0n) is 15.2. The zero-order valence-corrected chi connectivity index (χ0v) is 15.9. The van der Waals surface area contributed by atoms with Crippen LogP contribution in [-0.2, 0) is 6.54 Å². The van der Waals surface area contributed by atoms with E-state index >= 15 is 0 Å². The predicted octanol–water partition coefficient (Wildman–Crippen LogP) is 4.64. The van der Waals surface area contributed by atoms with Gasteiger partial charge in [-0.25, -0.2) is 4.98 Å². The van der Waals surface area contributed by atoms with Crippen LogP contribution in [0.4, 0.5) is 11.5 Å². The van der Waals surface area contributed by atoms with Gasteiger partial charge in [0.1, 0.15) is 5.82 Å². The molecule has 0 unspecified atom stereocenters. The Hall–Kier alpha value is -3.25. The molecule has 1 amide bonds. The summed E-state index contributed by atoms with van der Waals surface area (Å²) in [6.45, 7) is 2.65. The van der Waals surface area contributed by atoms with Crippen molar-refractivity contribution in [1.29, 1.82) is 0 Å². The third-order valence-corrected chi connectivity index (χ3v) is 4.86. The molecular weight excluding hydrogens is 378 g/mol. The van der Waals surface area contributed by atoms with Crippen LogP contribution in [0.5, 0.6) is 11.5 Å². The number of halogens is 1. The van der Waals surface area contributed by atoms with E-state index < -0.39 is 0 Å². The molecule has 2 aromatic carbocycles. The number of carbonyl (C=O) groups is 1. The number of aromatic nitrogens is 1. The molecule has 0 saturated carbocycles. The second-order valence-electron chi connectivity index (χ2n) is 6.34. The summed E-state index contributed by atoms with van der Waals surface area (Å²) in [7, 11) is 0. The molecule has 0 bridgehead atoms. The van der Waals surface area contributed by atoms with Gasteiger partial charge in [0.15, 0.2) is 11.5 Å². The van der Waals surface area contributed by atoms with E-state index in [9.17, 15) is 4.79 Å². The molecule has 0 atom stereocenters. The number of rotatable bonds is 5. The molecule has 7 heteroatoms. The van der Waals surface area contributed by atoms with Gasteiger partial charge < -0.3 is 20.1 Å². The van der Waals surface area contributed by atoms with Gasteiger partial charge in [-0.05, 0) is 54.4 Å². The molecule has 4 rings (SSSR count). The molecule has 28 heavy (non-hydrogen) atoms. The minimum absolute atomic E-state index is 0.223. The fraction of sp³-hybridized carbons (Fsp3) is 0.143. The number of ether oxygens (including phenoxy) is 2. The minimum Gasteiger partial charge on any atom is -0.454 e. The quantitative estimate of drug-likeness (QED) is 0.658. The summed E-state index contributed by atoms with van der Waals surface area (Å²) < 4.78 is 10.7. The first-order valence-electron chi connectivity index (χ1n) is 8.75. The molecule has 1 aliphatic heterocycles. The number of pyridine rings is 1. The van der Waals surface area contributed by atoms with Gasteiger partial charge in [0.25, 0.3) is 5.91 Å². The normalized spacial score (nSPS) is 11.9. The lowest BCUT2D eigenvalue weighted by Gasteiger charge is -2.11. The summed E-state index contributed by atoms with van der Waals surface area (Å²) in [6, 6.07) is 14.5. The first-order chi connectivity index (χ1) is 13.6. The van der Waals surface area contributed by atoms with Crippen LogP contribution in [0.1, 0.15) is 21.5 Å². The van der Waals surface area contributed by atoms with Gasteiger partial charge in [0.05, 0.1) is 0 Å². The molecule has 2 heterocycles. The van der Waals surface area contributed by atoms with Gasteiger partial charge >= 0.3 is 0 Å². The monoisotopic (exact) mass is 395 g/mol. The number of amides is 1. The fourth-order valence-corrected chi connectivity index (χ4v) is 3.02. The first-order valence-corrected chi connectivity index (χ1v) is 9.13. The van der Waals surface area contributed by atoms with Crippen LogP contribution in [-0.4, -0.2) is 17.7 Å². The molecule has 0 aliphatic carbocycles. The number of benzene rings is 2. The molecule has 2 N–H and O–H groups in total. The van der Waals surface area contributed by atoms with Crippen LogP contribution < -0.4 is 20.1 Å². The summed E-state index contributed by atoms with van der Waals surface area (Å²) in [6.07, 6.45) is 1.60. The molecule has 0 spiro atoms. The van der Waals surface area contributed by atoms with E-state index in [-0.39, 0.29) is 12.7 Å². The number of carbonyl (C=O) groups excluding carboxylic acids is 1. The molecule has 1 aromatic heterocycles. The lowest BCUT2D eigenvalue weighted by atomic mass is 10.1. The molecule has 1 aliphatic rings. The Morgan fingerprint density at radius 1 is 1.14 bits per heavy atom. The summed E-state index contributed by atoms with van der Waals surface area (Å²) in [5, 5.41) is 6.72.